The molecule has 0 aliphatic carbocycles. The predicted molar refractivity (Wildman–Crippen MR) is 56.8 cm³/mol. The zero-order chi connectivity index (χ0) is 9.72. The van der Waals surface area contributed by atoms with Crippen molar-refractivity contribution in [1.82, 2.24) is 0 Å². The first-order valence-electron chi connectivity index (χ1n) is 3.33. The lowest BCUT2D eigenvalue weighted by Gasteiger charge is -2.22. The molecule has 0 bridgehead atoms. The normalized spacial score (nSPS) is 18.1. The first kappa shape index (κ1) is 20.1. The minimum Gasteiger partial charge on any atom is -0.394 e. The van der Waals surface area contributed by atoms with Gasteiger partial charge >= 0.3 is 23.1 Å². The number of aliphatic hydroxyl groups is 5. The van der Waals surface area contributed by atoms with Crippen molar-refractivity contribution in [2.75, 3.05) is 6.61 Å². The van der Waals surface area contributed by atoms with Crippen LogP contribution in [0, 0.1) is 0 Å². The zero-order valence-electron chi connectivity index (χ0n) is 6.95. The zero-order valence-corrected chi connectivity index (χ0v) is 8.36. The van der Waals surface area contributed by atoms with Crippen LogP contribution in [-0.4, -0.2) is 85.9 Å². The van der Waals surface area contributed by atoms with E-state index in [0.29, 0.717) is 0 Å². The van der Waals surface area contributed by atoms with E-state index in [9.17, 15) is 4.79 Å². The van der Waals surface area contributed by atoms with E-state index in [-0.39, 0.29) is 39.2 Å². The highest BCUT2D eigenvalue weighted by molar-refractivity contribution is 6.92. The second kappa shape index (κ2) is 10.2. The molecule has 0 aliphatic heterocycles. The highest BCUT2D eigenvalue weighted by Gasteiger charge is 2.29. The fraction of sp³-hybridized carbons (Fsp3) is 0.833. The van der Waals surface area contributed by atoms with Crippen molar-refractivity contribution >= 4 is 39.2 Å². The largest absolute Gasteiger partial charge is 0.394 e. The Labute approximate surface area is 101 Å². The van der Waals surface area contributed by atoms with Crippen LogP contribution >= 0.6 is 9.90 Å². The van der Waals surface area contributed by atoms with E-state index in [2.05, 4.69) is 0 Å². The van der Waals surface area contributed by atoms with Gasteiger partial charge in [0.25, 0.3) is 0 Å². The van der Waals surface area contributed by atoms with E-state index in [4.69, 9.17) is 25.5 Å². The molecule has 0 amide bonds. The molecule has 0 fully saturated rings. The van der Waals surface area contributed by atoms with Crippen LogP contribution in [0.4, 0.5) is 0 Å². The van der Waals surface area contributed by atoms with Gasteiger partial charge in [-0.25, -0.2) is 0 Å². The van der Waals surface area contributed by atoms with Crippen molar-refractivity contribution in [2.24, 2.45) is 0 Å². The van der Waals surface area contributed by atoms with Crippen LogP contribution in [-0.2, 0) is 4.79 Å². The third kappa shape index (κ3) is 6.21. The smallest absolute Gasteiger partial charge is 0.316 e. The van der Waals surface area contributed by atoms with Crippen molar-refractivity contribution in [3.63, 3.8) is 0 Å². The van der Waals surface area contributed by atoms with E-state index >= 15 is 0 Å². The van der Waals surface area contributed by atoms with Crippen LogP contribution in [0.25, 0.3) is 0 Å². The maximum absolute atomic E-state index is 9.90. The number of aliphatic hydroxyl groups excluding tert-OH is 5. The van der Waals surface area contributed by atoms with Gasteiger partial charge in [-0.1, -0.05) is 0 Å². The minimum atomic E-state index is -1.79. The van der Waals surface area contributed by atoms with Gasteiger partial charge in [-0.2, -0.15) is 9.90 Å². The standard InChI is InChI=1S/C6H12O6.Mg.H3P.2H/c7-1-3(9)5(11)6(12)4(10)2-8;;;;/h1,3-6,8-12H,2H2;;1H3;;. The Morgan fingerprint density at radius 1 is 1.07 bits per heavy atom. The molecule has 0 aliphatic rings. The Balaban J connectivity index is -0.000000605. The van der Waals surface area contributed by atoms with Crippen LogP contribution in [0.15, 0.2) is 0 Å². The number of carbonyl (C=O) groups excluding carboxylic acids is 1. The predicted octanol–water partition coefficient (Wildman–Crippen LogP) is -4.24. The number of carbonyl (C=O) groups is 1. The van der Waals surface area contributed by atoms with Gasteiger partial charge in [0, 0.05) is 0 Å². The molecule has 0 aromatic heterocycles. The third-order valence-corrected chi connectivity index (χ3v) is 1.42. The minimum absolute atomic E-state index is 0. The molecule has 0 spiro atoms. The molecule has 0 rings (SSSR count). The van der Waals surface area contributed by atoms with Crippen molar-refractivity contribution in [3.8, 4) is 0 Å². The Morgan fingerprint density at radius 2 is 1.50 bits per heavy atom. The molecule has 0 aromatic rings. The van der Waals surface area contributed by atoms with Crippen molar-refractivity contribution in [3.05, 3.63) is 0 Å². The van der Waals surface area contributed by atoms with Gasteiger partial charge in [0.2, 0.25) is 0 Å². The molecule has 14 heavy (non-hydrogen) atoms. The molecule has 5 atom stereocenters. The van der Waals surface area contributed by atoms with E-state index < -0.39 is 31.0 Å². The van der Waals surface area contributed by atoms with Gasteiger partial charge in [-0.3, -0.25) is 0 Å². The van der Waals surface area contributed by atoms with Crippen LogP contribution in [0.5, 0.6) is 0 Å². The van der Waals surface area contributed by atoms with E-state index in [1.54, 1.807) is 0 Å². The highest BCUT2D eigenvalue weighted by atomic mass is 31.0. The Hall–Kier alpha value is 0.666. The van der Waals surface area contributed by atoms with Crippen LogP contribution < -0.4 is 0 Å². The molecule has 0 radical (unpaired) electrons. The third-order valence-electron chi connectivity index (χ3n) is 1.42. The van der Waals surface area contributed by atoms with E-state index in [0.717, 1.165) is 0 Å². The van der Waals surface area contributed by atoms with Crippen LogP contribution in [0.2, 0.25) is 0 Å². The summed E-state index contributed by atoms with van der Waals surface area (Å²) in [5.74, 6) is 0. The Bertz CT molecular complexity index is 148. The van der Waals surface area contributed by atoms with Gasteiger partial charge in [0.1, 0.15) is 24.4 Å². The van der Waals surface area contributed by atoms with E-state index in [1.807, 2.05) is 0 Å². The summed E-state index contributed by atoms with van der Waals surface area (Å²) in [4.78, 5) is 9.90. The van der Waals surface area contributed by atoms with Crippen molar-refractivity contribution in [2.45, 2.75) is 24.4 Å². The van der Waals surface area contributed by atoms with Gasteiger partial charge in [0.05, 0.1) is 6.61 Å². The van der Waals surface area contributed by atoms with Crippen LogP contribution in [0.1, 0.15) is 0 Å². The molecule has 5 unspecified atom stereocenters. The van der Waals surface area contributed by atoms with Gasteiger partial charge in [0.15, 0.2) is 6.29 Å². The van der Waals surface area contributed by atoms with E-state index in [1.165, 1.54) is 0 Å². The number of hydrogen-bond donors (Lipinski definition) is 5. The first-order valence-corrected chi connectivity index (χ1v) is 3.33. The summed E-state index contributed by atoms with van der Waals surface area (Å²) in [5, 5.41) is 43.5. The van der Waals surface area contributed by atoms with Crippen LogP contribution in [0.3, 0.4) is 0 Å². The number of hydrogen-bond acceptors (Lipinski definition) is 6. The van der Waals surface area contributed by atoms with Crippen molar-refractivity contribution < 1.29 is 30.3 Å². The van der Waals surface area contributed by atoms with Gasteiger partial charge < -0.3 is 30.3 Å². The summed E-state index contributed by atoms with van der Waals surface area (Å²) >= 11 is 0. The molecule has 0 aromatic carbocycles. The number of aldehydes is 1. The lowest BCUT2D eigenvalue weighted by atomic mass is 10.0. The SMILES string of the molecule is O=CC(O)C(O)C(O)C(O)CO.P.[MgH2]. The fourth-order valence-electron chi connectivity index (χ4n) is 0.618. The average molecular weight is 240 g/mol. The summed E-state index contributed by atoms with van der Waals surface area (Å²) in [7, 11) is 0. The fourth-order valence-corrected chi connectivity index (χ4v) is 0.618. The van der Waals surface area contributed by atoms with Crippen molar-refractivity contribution in [1.29, 1.82) is 0 Å². The lowest BCUT2D eigenvalue weighted by molar-refractivity contribution is -0.136. The molecule has 0 saturated heterocycles. The first-order chi connectivity index (χ1) is 5.54. The molecule has 8 heteroatoms. The molecule has 6 nitrogen and oxygen atoms in total. The Kier molecular flexibility index (Phi) is 14.7. The summed E-state index contributed by atoms with van der Waals surface area (Å²) in [6, 6.07) is 0. The second-order valence-corrected chi connectivity index (χ2v) is 2.36. The topological polar surface area (TPSA) is 118 Å². The summed E-state index contributed by atoms with van der Waals surface area (Å²) in [6.07, 6.45) is -6.84. The average Bonchev–Trinajstić information content (AvgIpc) is 2.12. The summed E-state index contributed by atoms with van der Waals surface area (Å²) in [5.41, 5.74) is 0. The summed E-state index contributed by atoms with van der Waals surface area (Å²) < 4.78 is 0. The molecular formula is C6H17MgO6P. The number of rotatable bonds is 5. The van der Waals surface area contributed by atoms with Gasteiger partial charge in [-0.05, 0) is 0 Å². The molecule has 0 heterocycles. The lowest BCUT2D eigenvalue weighted by Crippen LogP contribution is -2.46. The highest BCUT2D eigenvalue weighted by Crippen LogP contribution is 2.02. The maximum Gasteiger partial charge on any atom is 0.316 e. The summed E-state index contributed by atoms with van der Waals surface area (Å²) in [6.45, 7) is -0.760. The maximum atomic E-state index is 9.90. The molecule has 84 valence electrons. The quantitative estimate of drug-likeness (QED) is 0.189. The second-order valence-electron chi connectivity index (χ2n) is 2.36. The molecule has 5 N–H and O–H groups in total. The molecular weight excluding hydrogens is 223 g/mol. The monoisotopic (exact) mass is 240 g/mol. The Morgan fingerprint density at radius 3 is 1.79 bits per heavy atom. The van der Waals surface area contributed by atoms with Gasteiger partial charge in [-0.15, -0.1) is 0 Å². The molecule has 0 saturated carbocycles.